The number of rotatable bonds is 2. The van der Waals surface area contributed by atoms with Crippen LogP contribution in [0.3, 0.4) is 0 Å². The number of aryl methyl sites for hydroxylation is 1. The third kappa shape index (κ3) is 2.11. The first-order chi connectivity index (χ1) is 11.6. The van der Waals surface area contributed by atoms with Crippen molar-refractivity contribution in [3.63, 3.8) is 0 Å². The second-order valence-corrected chi connectivity index (χ2v) is 6.13. The Labute approximate surface area is 143 Å². The van der Waals surface area contributed by atoms with E-state index >= 15 is 0 Å². The summed E-state index contributed by atoms with van der Waals surface area (Å²) in [6.45, 7) is 1.86. The average molecular weight is 341 g/mol. The molecule has 0 aliphatic carbocycles. The van der Waals surface area contributed by atoms with Crippen molar-refractivity contribution in [1.29, 1.82) is 0 Å². The van der Waals surface area contributed by atoms with Crippen molar-refractivity contribution in [3.8, 4) is 0 Å². The van der Waals surface area contributed by atoms with Gasteiger partial charge in [0.2, 0.25) is 0 Å². The summed E-state index contributed by atoms with van der Waals surface area (Å²) in [5.41, 5.74) is 2.06. The molecule has 7 heteroatoms. The molecular formula is C17H13ClN4O2. The quantitative estimate of drug-likeness (QED) is 0.789. The highest BCUT2D eigenvalue weighted by Gasteiger charge is 2.55. The summed E-state index contributed by atoms with van der Waals surface area (Å²) in [5.74, 6) is -0.731. The Kier molecular flexibility index (Phi) is 3.35. The summed E-state index contributed by atoms with van der Waals surface area (Å²) in [7, 11) is 0. The van der Waals surface area contributed by atoms with E-state index in [0.29, 0.717) is 10.7 Å². The summed E-state index contributed by atoms with van der Waals surface area (Å²) < 4.78 is 0. The molecule has 24 heavy (non-hydrogen) atoms. The summed E-state index contributed by atoms with van der Waals surface area (Å²) in [4.78, 5) is 26.7. The van der Waals surface area contributed by atoms with E-state index in [0.717, 1.165) is 16.2 Å². The van der Waals surface area contributed by atoms with Crippen LogP contribution in [-0.4, -0.2) is 23.9 Å². The molecule has 2 atom stereocenters. The van der Waals surface area contributed by atoms with Crippen LogP contribution in [0.5, 0.6) is 0 Å². The lowest BCUT2D eigenvalue weighted by Crippen LogP contribution is -2.39. The molecule has 0 radical (unpaired) electrons. The molecule has 0 N–H and O–H groups in total. The SMILES string of the molecule is Cc1ccc(N2C(=O)[C@H]3N=NN(c4ccccc4)[C@H]3C2=O)cc1Cl. The normalized spacial score (nSPS) is 22.4. The average Bonchev–Trinajstić information content (AvgIpc) is 3.12. The first-order valence-corrected chi connectivity index (χ1v) is 7.85. The summed E-state index contributed by atoms with van der Waals surface area (Å²) >= 11 is 6.13. The van der Waals surface area contributed by atoms with Crippen LogP contribution >= 0.6 is 11.6 Å². The highest BCUT2D eigenvalue weighted by molar-refractivity contribution is 6.32. The lowest BCUT2D eigenvalue weighted by Gasteiger charge is -2.20. The van der Waals surface area contributed by atoms with E-state index in [2.05, 4.69) is 10.3 Å². The fraction of sp³-hybridized carbons (Fsp3) is 0.176. The van der Waals surface area contributed by atoms with Crippen molar-refractivity contribution in [2.75, 3.05) is 9.91 Å². The maximum Gasteiger partial charge on any atom is 0.263 e. The molecule has 2 aromatic carbocycles. The number of hydrogen-bond donors (Lipinski definition) is 0. The van der Waals surface area contributed by atoms with Crippen LogP contribution in [-0.2, 0) is 9.59 Å². The van der Waals surface area contributed by atoms with Gasteiger partial charge < -0.3 is 0 Å². The van der Waals surface area contributed by atoms with Gasteiger partial charge in [0, 0.05) is 5.02 Å². The standard InChI is InChI=1S/C17H13ClN4O2/c1-10-7-8-12(9-13(10)18)21-16(23)14-15(17(21)24)22(20-19-14)11-5-3-2-4-6-11/h2-9,14-15H,1H3/t14-,15+/m0/s1. The molecule has 4 rings (SSSR count). The number of halogens is 1. The predicted molar refractivity (Wildman–Crippen MR) is 90.0 cm³/mol. The lowest BCUT2D eigenvalue weighted by molar-refractivity contribution is -0.121. The number of fused-ring (bicyclic) bond motifs is 1. The minimum Gasteiger partial charge on any atom is -0.271 e. The van der Waals surface area contributed by atoms with Crippen LogP contribution in [0.1, 0.15) is 5.56 Å². The molecule has 2 aromatic rings. The molecule has 0 saturated carbocycles. The molecule has 6 nitrogen and oxygen atoms in total. The Balaban J connectivity index is 1.72. The first-order valence-electron chi connectivity index (χ1n) is 7.47. The molecule has 2 aliphatic heterocycles. The van der Waals surface area contributed by atoms with Crippen molar-refractivity contribution < 1.29 is 9.59 Å². The van der Waals surface area contributed by atoms with Gasteiger partial charge in [-0.1, -0.05) is 41.1 Å². The third-order valence-electron chi connectivity index (χ3n) is 4.22. The number of carbonyl (C=O) groups is 2. The predicted octanol–water partition coefficient (Wildman–Crippen LogP) is 3.15. The van der Waals surface area contributed by atoms with E-state index in [1.165, 1.54) is 5.01 Å². The van der Waals surface area contributed by atoms with Gasteiger partial charge >= 0.3 is 0 Å². The highest BCUT2D eigenvalue weighted by Crippen LogP contribution is 2.35. The van der Waals surface area contributed by atoms with Crippen molar-refractivity contribution in [2.45, 2.75) is 19.0 Å². The van der Waals surface area contributed by atoms with Gasteiger partial charge in [0.15, 0.2) is 12.1 Å². The number of benzene rings is 2. The molecular weight excluding hydrogens is 328 g/mol. The summed E-state index contributed by atoms with van der Waals surface area (Å²) in [6.07, 6.45) is 0. The number of carbonyl (C=O) groups excluding carboxylic acids is 2. The van der Waals surface area contributed by atoms with E-state index in [9.17, 15) is 9.59 Å². The van der Waals surface area contributed by atoms with Gasteiger partial charge in [-0.3, -0.25) is 9.59 Å². The van der Waals surface area contributed by atoms with Crippen LogP contribution in [0.15, 0.2) is 58.9 Å². The first kappa shape index (κ1) is 14.8. The minimum atomic E-state index is -0.821. The van der Waals surface area contributed by atoms with Crippen LogP contribution in [0.2, 0.25) is 5.02 Å². The number of amides is 2. The maximum absolute atomic E-state index is 12.9. The van der Waals surface area contributed by atoms with Crippen LogP contribution < -0.4 is 9.91 Å². The van der Waals surface area contributed by atoms with Gasteiger partial charge in [-0.15, -0.1) is 0 Å². The van der Waals surface area contributed by atoms with E-state index in [-0.39, 0.29) is 11.8 Å². The Morgan fingerprint density at radius 2 is 1.75 bits per heavy atom. The Hall–Kier alpha value is -2.73. The monoisotopic (exact) mass is 340 g/mol. The van der Waals surface area contributed by atoms with Crippen molar-refractivity contribution >= 4 is 34.8 Å². The smallest absolute Gasteiger partial charge is 0.263 e. The molecule has 0 bridgehead atoms. The molecule has 1 saturated heterocycles. The van der Waals surface area contributed by atoms with Crippen LogP contribution in [0.4, 0.5) is 11.4 Å². The van der Waals surface area contributed by atoms with Gasteiger partial charge in [-0.05, 0) is 36.8 Å². The van der Waals surface area contributed by atoms with E-state index < -0.39 is 12.1 Å². The molecule has 0 spiro atoms. The minimum absolute atomic E-state index is 0.348. The Morgan fingerprint density at radius 3 is 2.46 bits per heavy atom. The van der Waals surface area contributed by atoms with Crippen molar-refractivity contribution in [1.82, 2.24) is 0 Å². The Bertz CT molecular complexity index is 868. The van der Waals surface area contributed by atoms with Crippen molar-refractivity contribution in [2.24, 2.45) is 10.3 Å². The van der Waals surface area contributed by atoms with E-state index in [4.69, 9.17) is 11.6 Å². The van der Waals surface area contributed by atoms with E-state index in [1.807, 2.05) is 37.3 Å². The Morgan fingerprint density at radius 1 is 1.00 bits per heavy atom. The van der Waals surface area contributed by atoms with Crippen molar-refractivity contribution in [3.05, 3.63) is 59.1 Å². The highest BCUT2D eigenvalue weighted by atomic mass is 35.5. The van der Waals surface area contributed by atoms with Gasteiger partial charge in [0.05, 0.1) is 11.4 Å². The molecule has 0 unspecified atom stereocenters. The summed E-state index contributed by atoms with van der Waals surface area (Å²) in [5, 5.41) is 10.0. The van der Waals surface area contributed by atoms with Gasteiger partial charge in [-0.25, -0.2) is 9.91 Å². The molecule has 2 aliphatic rings. The number of imide groups is 1. The van der Waals surface area contributed by atoms with Gasteiger partial charge in [-0.2, -0.15) is 5.11 Å². The summed E-state index contributed by atoms with van der Waals surface area (Å²) in [6, 6.07) is 12.7. The second-order valence-electron chi connectivity index (χ2n) is 5.72. The lowest BCUT2D eigenvalue weighted by atomic mass is 10.1. The zero-order valence-corrected chi connectivity index (χ0v) is 13.5. The zero-order valence-electron chi connectivity index (χ0n) is 12.8. The third-order valence-corrected chi connectivity index (χ3v) is 4.62. The molecule has 0 aromatic heterocycles. The van der Waals surface area contributed by atoms with Crippen LogP contribution in [0.25, 0.3) is 0 Å². The number of nitrogens with zero attached hydrogens (tertiary/aromatic N) is 4. The largest absolute Gasteiger partial charge is 0.271 e. The molecule has 2 heterocycles. The zero-order chi connectivity index (χ0) is 16.8. The maximum atomic E-state index is 12.9. The fourth-order valence-corrected chi connectivity index (χ4v) is 3.10. The second kappa shape index (κ2) is 5.42. The molecule has 1 fully saturated rings. The topological polar surface area (TPSA) is 65.3 Å². The van der Waals surface area contributed by atoms with E-state index in [1.54, 1.807) is 18.2 Å². The number of anilines is 2. The number of hydrogen-bond acceptors (Lipinski definition) is 5. The molecule has 2 amide bonds. The fourth-order valence-electron chi connectivity index (χ4n) is 2.93. The van der Waals surface area contributed by atoms with Gasteiger partial charge in [0.1, 0.15) is 0 Å². The molecule has 120 valence electrons. The van der Waals surface area contributed by atoms with Gasteiger partial charge in [0.25, 0.3) is 11.8 Å². The number of para-hydroxylation sites is 1. The van der Waals surface area contributed by atoms with Crippen LogP contribution in [0, 0.1) is 6.92 Å².